The van der Waals surface area contributed by atoms with E-state index in [9.17, 15) is 14.3 Å². The maximum Gasteiger partial charge on any atom is 0.276 e. The number of aliphatic hydroxyl groups is 1. The van der Waals surface area contributed by atoms with Crippen LogP contribution in [0.15, 0.2) is 59.7 Å². The number of aliphatic hydroxyl groups excluding tert-OH is 1. The van der Waals surface area contributed by atoms with Crippen molar-refractivity contribution in [1.29, 1.82) is 0 Å². The number of fused-ring (bicyclic) bond motifs is 1. The summed E-state index contributed by atoms with van der Waals surface area (Å²) in [6.07, 6.45) is 2.51. The molecule has 1 atom stereocenters. The quantitative estimate of drug-likeness (QED) is 0.573. The molecule has 4 rings (SSSR count). The second-order valence-electron chi connectivity index (χ2n) is 7.43. The average Bonchev–Trinajstić information content (AvgIpc) is 3.12. The molecule has 4 aromatic rings. The number of halogens is 1. The Hall–Kier alpha value is -3.25. The van der Waals surface area contributed by atoms with Crippen LogP contribution in [-0.2, 0) is 6.54 Å². The lowest BCUT2D eigenvalue weighted by atomic mass is 9.97. The molecule has 0 aliphatic carbocycles. The molecular formula is C23H22FN3O2. The first-order chi connectivity index (χ1) is 13.8. The van der Waals surface area contributed by atoms with Crippen LogP contribution in [0, 0.1) is 26.6 Å². The molecule has 2 aromatic carbocycles. The summed E-state index contributed by atoms with van der Waals surface area (Å²) in [6.45, 7) is 6.15. The van der Waals surface area contributed by atoms with Crippen molar-refractivity contribution in [3.8, 4) is 11.3 Å². The normalized spacial score (nSPS) is 12.4. The van der Waals surface area contributed by atoms with E-state index in [-0.39, 0.29) is 17.9 Å². The maximum absolute atomic E-state index is 13.2. The van der Waals surface area contributed by atoms with E-state index in [0.29, 0.717) is 11.2 Å². The monoisotopic (exact) mass is 391 g/mol. The van der Waals surface area contributed by atoms with Crippen molar-refractivity contribution in [2.45, 2.75) is 33.4 Å². The van der Waals surface area contributed by atoms with Gasteiger partial charge in [-0.3, -0.25) is 4.79 Å². The molecule has 0 fully saturated rings. The average molecular weight is 391 g/mol. The fourth-order valence-electron chi connectivity index (χ4n) is 3.56. The Morgan fingerprint density at radius 1 is 1.00 bits per heavy atom. The van der Waals surface area contributed by atoms with Gasteiger partial charge in [0.05, 0.1) is 18.3 Å². The second-order valence-corrected chi connectivity index (χ2v) is 7.43. The van der Waals surface area contributed by atoms with Crippen molar-refractivity contribution in [2.24, 2.45) is 0 Å². The Balaban J connectivity index is 1.68. The number of benzene rings is 2. The van der Waals surface area contributed by atoms with Gasteiger partial charge in [-0.15, -0.1) is 0 Å². The molecule has 2 heterocycles. The van der Waals surface area contributed by atoms with Crippen LogP contribution in [0.1, 0.15) is 28.4 Å². The Morgan fingerprint density at radius 3 is 2.41 bits per heavy atom. The summed E-state index contributed by atoms with van der Waals surface area (Å²) < 4.78 is 16.2. The van der Waals surface area contributed by atoms with Crippen LogP contribution in [0.5, 0.6) is 0 Å². The summed E-state index contributed by atoms with van der Waals surface area (Å²) in [6, 6.07) is 11.7. The van der Waals surface area contributed by atoms with Crippen molar-refractivity contribution in [2.75, 3.05) is 0 Å². The first-order valence-corrected chi connectivity index (χ1v) is 9.44. The van der Waals surface area contributed by atoms with E-state index in [0.717, 1.165) is 22.3 Å². The predicted molar refractivity (Wildman–Crippen MR) is 110 cm³/mol. The van der Waals surface area contributed by atoms with Crippen LogP contribution in [0.2, 0.25) is 0 Å². The topological polar surface area (TPSA) is 59.5 Å². The fraction of sp³-hybridized carbons (Fsp3) is 0.217. The van der Waals surface area contributed by atoms with Crippen molar-refractivity contribution in [1.82, 2.24) is 14.2 Å². The Bertz CT molecular complexity index is 1260. The number of hydrogen-bond acceptors (Lipinski definition) is 3. The zero-order valence-electron chi connectivity index (χ0n) is 16.6. The molecule has 6 heteroatoms. The van der Waals surface area contributed by atoms with Crippen LogP contribution >= 0.6 is 0 Å². The molecule has 0 spiro atoms. The van der Waals surface area contributed by atoms with Gasteiger partial charge in [-0.05, 0) is 73.4 Å². The van der Waals surface area contributed by atoms with Crippen molar-refractivity contribution >= 4 is 5.52 Å². The summed E-state index contributed by atoms with van der Waals surface area (Å²) in [4.78, 5) is 12.9. The number of aromatic nitrogens is 3. The molecule has 0 unspecified atom stereocenters. The lowest BCUT2D eigenvalue weighted by molar-refractivity contribution is 0.154. The molecule has 0 amide bonds. The van der Waals surface area contributed by atoms with Crippen molar-refractivity contribution in [3.63, 3.8) is 0 Å². The van der Waals surface area contributed by atoms with Crippen LogP contribution in [0.3, 0.4) is 0 Å². The standard InChI is InChI=1S/C23H22FN3O2/c1-14-10-16(3)19(11-15(14)2)22(28)13-26-8-9-27-21(23(26)29)12-20(25-27)17-4-6-18(24)7-5-17/h4-12,22,28H,13H2,1-3H3/t22-/m0/s1. The number of nitrogens with zero attached hydrogens (tertiary/aromatic N) is 3. The van der Waals surface area contributed by atoms with Crippen molar-refractivity contribution in [3.05, 3.63) is 93.3 Å². The van der Waals surface area contributed by atoms with E-state index in [1.807, 2.05) is 32.9 Å². The minimum atomic E-state index is -0.797. The fourth-order valence-corrected chi connectivity index (χ4v) is 3.56. The lowest BCUT2D eigenvalue weighted by Crippen LogP contribution is -2.24. The third-order valence-electron chi connectivity index (χ3n) is 5.35. The zero-order chi connectivity index (χ0) is 20.7. The van der Waals surface area contributed by atoms with E-state index in [4.69, 9.17) is 0 Å². The molecule has 1 N–H and O–H groups in total. The van der Waals surface area contributed by atoms with E-state index in [1.165, 1.54) is 26.8 Å². The Kier molecular flexibility index (Phi) is 4.80. The van der Waals surface area contributed by atoms with Crippen LogP contribution < -0.4 is 5.56 Å². The Labute approximate surface area is 167 Å². The van der Waals surface area contributed by atoms with Gasteiger partial charge in [-0.25, -0.2) is 8.91 Å². The maximum atomic E-state index is 13.2. The van der Waals surface area contributed by atoms with Gasteiger partial charge in [0.2, 0.25) is 0 Å². The van der Waals surface area contributed by atoms with Crippen LogP contribution in [0.25, 0.3) is 16.8 Å². The molecule has 0 saturated carbocycles. The molecule has 2 aromatic heterocycles. The molecule has 148 valence electrons. The summed E-state index contributed by atoms with van der Waals surface area (Å²) >= 11 is 0. The molecular weight excluding hydrogens is 369 g/mol. The van der Waals surface area contributed by atoms with Crippen LogP contribution in [-0.4, -0.2) is 19.3 Å². The molecule has 5 nitrogen and oxygen atoms in total. The third-order valence-corrected chi connectivity index (χ3v) is 5.35. The third kappa shape index (κ3) is 3.59. The molecule has 0 aliphatic heterocycles. The second kappa shape index (κ2) is 7.29. The van der Waals surface area contributed by atoms with Gasteiger partial charge in [0.1, 0.15) is 11.3 Å². The lowest BCUT2D eigenvalue weighted by Gasteiger charge is -2.17. The predicted octanol–water partition coefficient (Wildman–Crippen LogP) is 3.96. The van der Waals surface area contributed by atoms with E-state index in [1.54, 1.807) is 30.6 Å². The summed E-state index contributed by atoms with van der Waals surface area (Å²) in [7, 11) is 0. The molecule has 0 radical (unpaired) electrons. The summed E-state index contributed by atoms with van der Waals surface area (Å²) in [5.74, 6) is -0.324. The van der Waals surface area contributed by atoms with Gasteiger partial charge < -0.3 is 9.67 Å². The highest BCUT2D eigenvalue weighted by atomic mass is 19.1. The highest BCUT2D eigenvalue weighted by Gasteiger charge is 2.15. The van der Waals surface area contributed by atoms with Gasteiger partial charge in [-0.2, -0.15) is 5.10 Å². The highest BCUT2D eigenvalue weighted by Crippen LogP contribution is 2.23. The number of hydrogen-bond donors (Lipinski definition) is 1. The Morgan fingerprint density at radius 2 is 1.69 bits per heavy atom. The molecule has 29 heavy (non-hydrogen) atoms. The van der Waals surface area contributed by atoms with Gasteiger partial charge in [0, 0.05) is 18.0 Å². The van der Waals surface area contributed by atoms with Crippen LogP contribution in [0.4, 0.5) is 4.39 Å². The first-order valence-electron chi connectivity index (χ1n) is 9.44. The van der Waals surface area contributed by atoms with Gasteiger partial charge in [0.15, 0.2) is 0 Å². The van der Waals surface area contributed by atoms with Gasteiger partial charge >= 0.3 is 0 Å². The van der Waals surface area contributed by atoms with Gasteiger partial charge in [0.25, 0.3) is 5.56 Å². The van der Waals surface area contributed by atoms with E-state index >= 15 is 0 Å². The van der Waals surface area contributed by atoms with E-state index in [2.05, 4.69) is 5.10 Å². The van der Waals surface area contributed by atoms with E-state index < -0.39 is 6.10 Å². The van der Waals surface area contributed by atoms with Gasteiger partial charge in [-0.1, -0.05) is 12.1 Å². The SMILES string of the molecule is Cc1cc(C)c([C@@H](O)Cn2ccn3nc(-c4ccc(F)cc4)cc3c2=O)cc1C. The largest absolute Gasteiger partial charge is 0.387 e. The molecule has 0 aliphatic rings. The molecule has 0 saturated heterocycles. The highest BCUT2D eigenvalue weighted by molar-refractivity contribution is 5.65. The summed E-state index contributed by atoms with van der Waals surface area (Å²) in [5.41, 5.74) is 5.57. The number of aryl methyl sites for hydroxylation is 3. The number of rotatable bonds is 4. The summed E-state index contributed by atoms with van der Waals surface area (Å²) in [5, 5.41) is 15.2. The minimum Gasteiger partial charge on any atom is -0.387 e. The van der Waals surface area contributed by atoms with Crippen molar-refractivity contribution < 1.29 is 9.50 Å². The first kappa shape index (κ1) is 19.1. The smallest absolute Gasteiger partial charge is 0.276 e. The molecule has 0 bridgehead atoms. The zero-order valence-corrected chi connectivity index (χ0v) is 16.6. The minimum absolute atomic E-state index is 0.149.